The van der Waals surface area contributed by atoms with E-state index in [2.05, 4.69) is 61.1 Å². The van der Waals surface area contributed by atoms with Gasteiger partial charge >= 0.3 is 5.97 Å². The molecule has 0 radical (unpaired) electrons. The van der Waals surface area contributed by atoms with Gasteiger partial charge in [0, 0.05) is 24.2 Å². The average Bonchev–Trinajstić information content (AvgIpc) is 3.09. The van der Waals surface area contributed by atoms with Crippen LogP contribution in [0.25, 0.3) is 0 Å². The average molecular weight is 495 g/mol. The number of esters is 1. The fraction of sp³-hybridized carbons (Fsp3) is 0.818. The normalized spacial score (nSPS) is 47.5. The van der Waals surface area contributed by atoms with Gasteiger partial charge in [-0.15, -0.1) is 6.58 Å². The number of rotatable bonds is 3. The van der Waals surface area contributed by atoms with Crippen molar-refractivity contribution < 1.29 is 14.3 Å². The predicted octanol–water partition coefficient (Wildman–Crippen LogP) is 8.08. The first-order valence-electron chi connectivity index (χ1n) is 14.8. The smallest absolute Gasteiger partial charge is 0.302 e. The van der Waals surface area contributed by atoms with Crippen molar-refractivity contribution in [2.75, 3.05) is 0 Å². The van der Waals surface area contributed by atoms with E-state index in [-0.39, 0.29) is 45.1 Å². The van der Waals surface area contributed by atoms with Crippen LogP contribution >= 0.6 is 0 Å². The van der Waals surface area contributed by atoms with Gasteiger partial charge < -0.3 is 4.74 Å². The summed E-state index contributed by atoms with van der Waals surface area (Å²) in [6, 6.07) is 0. The van der Waals surface area contributed by atoms with Crippen LogP contribution in [0.1, 0.15) is 113 Å². The van der Waals surface area contributed by atoms with Crippen molar-refractivity contribution in [1.29, 1.82) is 0 Å². The molecule has 0 spiro atoms. The predicted molar refractivity (Wildman–Crippen MR) is 145 cm³/mol. The molecule has 0 aromatic carbocycles. The maximum atomic E-state index is 13.4. The molecule has 0 bridgehead atoms. The second kappa shape index (κ2) is 8.06. The van der Waals surface area contributed by atoms with Gasteiger partial charge in [0.1, 0.15) is 6.10 Å². The molecule has 36 heavy (non-hydrogen) atoms. The molecular weight excluding hydrogens is 444 g/mol. The fourth-order valence-corrected chi connectivity index (χ4v) is 11.3. The Morgan fingerprint density at radius 1 is 0.944 bits per heavy atom. The second-order valence-corrected chi connectivity index (χ2v) is 15.0. The standard InChI is InChI=1S/C33H50O3/c1-10-33-18-17-31(8)22(28(33)27(20(2)3)23(35)19-33)11-12-25-30(7)15-14-26(36-21(4)34)29(5,6)24(30)13-16-32(25,31)9/h10,20,22,24-26H,1,11-19H2,2-9H3. The Labute approximate surface area is 219 Å². The zero-order chi connectivity index (χ0) is 26.5. The van der Waals surface area contributed by atoms with Crippen molar-refractivity contribution in [2.45, 2.75) is 119 Å². The lowest BCUT2D eigenvalue weighted by Gasteiger charge is -2.72. The highest BCUT2D eigenvalue weighted by molar-refractivity contribution is 6.01. The zero-order valence-corrected chi connectivity index (χ0v) is 24.3. The summed E-state index contributed by atoms with van der Waals surface area (Å²) in [7, 11) is 0. The molecule has 8 unspecified atom stereocenters. The monoisotopic (exact) mass is 494 g/mol. The van der Waals surface area contributed by atoms with E-state index in [0.717, 1.165) is 24.8 Å². The number of hydrogen-bond acceptors (Lipinski definition) is 3. The summed E-state index contributed by atoms with van der Waals surface area (Å²) in [5.74, 6) is 2.25. The maximum absolute atomic E-state index is 13.4. The van der Waals surface area contributed by atoms with Gasteiger partial charge in [0.05, 0.1) is 0 Å². The molecule has 4 saturated carbocycles. The molecule has 0 saturated heterocycles. The Bertz CT molecular complexity index is 1020. The van der Waals surface area contributed by atoms with Gasteiger partial charge in [0.2, 0.25) is 0 Å². The van der Waals surface area contributed by atoms with Crippen LogP contribution < -0.4 is 0 Å². The summed E-state index contributed by atoms with van der Waals surface area (Å²) < 4.78 is 5.90. The van der Waals surface area contributed by atoms with E-state index in [0.29, 0.717) is 30.0 Å². The Kier molecular flexibility index (Phi) is 5.87. The fourth-order valence-electron chi connectivity index (χ4n) is 11.3. The van der Waals surface area contributed by atoms with Crippen molar-refractivity contribution in [1.82, 2.24) is 0 Å². The summed E-state index contributed by atoms with van der Waals surface area (Å²) in [6.07, 6.45) is 12.1. The first kappa shape index (κ1) is 26.2. The van der Waals surface area contributed by atoms with Gasteiger partial charge in [-0.05, 0) is 102 Å². The van der Waals surface area contributed by atoms with E-state index in [1.807, 2.05) is 0 Å². The summed E-state index contributed by atoms with van der Waals surface area (Å²) in [4.78, 5) is 25.3. The molecule has 5 aliphatic carbocycles. The number of Topliss-reactive ketones (excluding diaryl/α,β-unsaturated/α-hetero) is 1. The first-order valence-corrected chi connectivity index (χ1v) is 14.8. The van der Waals surface area contributed by atoms with Gasteiger partial charge in [0.25, 0.3) is 0 Å². The van der Waals surface area contributed by atoms with Crippen LogP contribution in [0, 0.1) is 50.7 Å². The largest absolute Gasteiger partial charge is 0.462 e. The molecular formula is C33H50O3. The lowest BCUT2D eigenvalue weighted by molar-refractivity contribution is -0.232. The maximum Gasteiger partial charge on any atom is 0.302 e. The van der Waals surface area contributed by atoms with E-state index < -0.39 is 0 Å². The Hall–Kier alpha value is -1.38. The molecule has 0 heterocycles. The highest BCUT2D eigenvalue weighted by Gasteiger charge is 2.69. The van der Waals surface area contributed by atoms with Gasteiger partial charge in [-0.3, -0.25) is 9.59 Å². The van der Waals surface area contributed by atoms with Crippen molar-refractivity contribution in [3.63, 3.8) is 0 Å². The quantitative estimate of drug-likeness (QED) is 0.294. The molecule has 0 aromatic heterocycles. The molecule has 0 N–H and O–H groups in total. The Balaban J connectivity index is 1.56. The zero-order valence-electron chi connectivity index (χ0n) is 24.3. The van der Waals surface area contributed by atoms with Gasteiger partial charge in [-0.25, -0.2) is 0 Å². The van der Waals surface area contributed by atoms with Crippen LogP contribution in [-0.4, -0.2) is 17.9 Å². The van der Waals surface area contributed by atoms with Crippen LogP contribution in [-0.2, 0) is 14.3 Å². The van der Waals surface area contributed by atoms with Crippen LogP contribution in [0.2, 0.25) is 0 Å². The number of hydrogen-bond donors (Lipinski definition) is 0. The number of carbonyl (C=O) groups excluding carboxylic acids is 2. The van der Waals surface area contributed by atoms with Crippen LogP contribution in [0.4, 0.5) is 0 Å². The Morgan fingerprint density at radius 2 is 1.64 bits per heavy atom. The molecule has 4 fully saturated rings. The van der Waals surface area contributed by atoms with Crippen molar-refractivity contribution in [2.24, 2.45) is 50.7 Å². The third-order valence-corrected chi connectivity index (χ3v) is 13.1. The van der Waals surface area contributed by atoms with Crippen molar-refractivity contribution in [3.05, 3.63) is 23.8 Å². The van der Waals surface area contributed by atoms with Crippen molar-refractivity contribution in [3.8, 4) is 0 Å². The summed E-state index contributed by atoms with van der Waals surface area (Å²) >= 11 is 0. The highest BCUT2D eigenvalue weighted by Crippen LogP contribution is 2.76. The SMILES string of the molecule is C=CC12CCC3(C)C(CCC4C5(C)CCC(OC(C)=O)C(C)(C)C5CCC43C)C1=C(C(C)C)C(=O)C2. The molecule has 5 aliphatic rings. The highest BCUT2D eigenvalue weighted by atomic mass is 16.5. The number of carbonyl (C=O) groups is 2. The number of ketones is 1. The Morgan fingerprint density at radius 3 is 2.25 bits per heavy atom. The number of allylic oxidation sites excluding steroid dienone is 3. The van der Waals surface area contributed by atoms with E-state index in [9.17, 15) is 9.59 Å². The molecule has 8 atom stereocenters. The van der Waals surface area contributed by atoms with E-state index in [1.54, 1.807) is 6.92 Å². The van der Waals surface area contributed by atoms with Gasteiger partial charge in [-0.2, -0.15) is 0 Å². The third-order valence-electron chi connectivity index (χ3n) is 13.1. The van der Waals surface area contributed by atoms with E-state index in [1.165, 1.54) is 37.7 Å². The minimum Gasteiger partial charge on any atom is -0.462 e. The number of fused-ring (bicyclic) bond motifs is 7. The van der Waals surface area contributed by atoms with Crippen LogP contribution in [0.3, 0.4) is 0 Å². The van der Waals surface area contributed by atoms with Crippen molar-refractivity contribution >= 4 is 11.8 Å². The second-order valence-electron chi connectivity index (χ2n) is 15.0. The number of ether oxygens (including phenoxy) is 1. The van der Waals surface area contributed by atoms with Gasteiger partial charge in [0.15, 0.2) is 5.78 Å². The summed E-state index contributed by atoms with van der Waals surface area (Å²) in [5.41, 5.74) is 3.25. The summed E-state index contributed by atoms with van der Waals surface area (Å²) in [5, 5.41) is 0. The van der Waals surface area contributed by atoms with E-state index >= 15 is 0 Å². The molecule has 0 aliphatic heterocycles. The van der Waals surface area contributed by atoms with Crippen LogP contribution in [0.5, 0.6) is 0 Å². The molecule has 3 heteroatoms. The molecule has 0 aromatic rings. The first-order chi connectivity index (χ1) is 16.7. The molecule has 0 amide bonds. The van der Waals surface area contributed by atoms with E-state index in [4.69, 9.17) is 4.74 Å². The lowest BCUT2D eigenvalue weighted by Crippen LogP contribution is -2.65. The summed E-state index contributed by atoms with van der Waals surface area (Å²) in [6.45, 7) is 22.8. The lowest BCUT2D eigenvalue weighted by atomic mass is 9.33. The van der Waals surface area contributed by atoms with Gasteiger partial charge in [-0.1, -0.05) is 54.5 Å². The molecule has 200 valence electrons. The minimum absolute atomic E-state index is 0.00642. The van der Waals surface area contributed by atoms with Crippen LogP contribution in [0.15, 0.2) is 23.8 Å². The minimum atomic E-state index is -0.140. The molecule has 3 nitrogen and oxygen atoms in total. The topological polar surface area (TPSA) is 43.4 Å². The molecule has 5 rings (SSSR count). The third kappa shape index (κ3) is 3.16.